The lowest BCUT2D eigenvalue weighted by atomic mass is 10.2. The molecule has 1 saturated heterocycles. The van der Waals surface area contributed by atoms with Crippen LogP contribution < -0.4 is 0 Å². The molecule has 1 N–H and O–H groups in total. The number of carboxylic acids is 1. The Bertz CT molecular complexity index is 294. The lowest BCUT2D eigenvalue weighted by molar-refractivity contribution is -0.163. The Morgan fingerprint density at radius 2 is 2.28 bits per heavy atom. The third-order valence-corrected chi connectivity index (χ3v) is 2.91. The van der Waals surface area contributed by atoms with Gasteiger partial charge in [-0.25, -0.2) is 4.79 Å². The summed E-state index contributed by atoms with van der Waals surface area (Å²) in [7, 11) is 0. The highest BCUT2D eigenvalue weighted by Crippen LogP contribution is 2.11. The van der Waals surface area contributed by atoms with Crippen molar-refractivity contribution in [1.82, 2.24) is 4.90 Å². The molecule has 2 unspecified atom stereocenters. The van der Waals surface area contributed by atoms with Crippen LogP contribution in [0.3, 0.4) is 0 Å². The summed E-state index contributed by atoms with van der Waals surface area (Å²) >= 11 is 0. The van der Waals surface area contributed by atoms with E-state index in [0.29, 0.717) is 19.8 Å². The second-order valence-corrected chi connectivity index (χ2v) is 4.33. The van der Waals surface area contributed by atoms with Crippen molar-refractivity contribution in [3.8, 4) is 0 Å². The van der Waals surface area contributed by atoms with Gasteiger partial charge in [-0.1, -0.05) is 13.3 Å². The summed E-state index contributed by atoms with van der Waals surface area (Å²) in [4.78, 5) is 24.5. The molecule has 18 heavy (non-hydrogen) atoms. The van der Waals surface area contributed by atoms with E-state index < -0.39 is 18.1 Å². The smallest absolute Gasteiger partial charge is 0.328 e. The number of carbonyl (C=O) groups is 2. The molecule has 1 fully saturated rings. The first-order valence-corrected chi connectivity index (χ1v) is 6.30. The van der Waals surface area contributed by atoms with Crippen LogP contribution in [0, 0.1) is 0 Å². The fourth-order valence-corrected chi connectivity index (χ4v) is 1.78. The molecular weight excluding hydrogens is 238 g/mol. The molecule has 0 saturated carbocycles. The van der Waals surface area contributed by atoms with Gasteiger partial charge >= 0.3 is 5.97 Å². The van der Waals surface area contributed by atoms with Crippen molar-refractivity contribution >= 4 is 11.9 Å². The molecule has 0 aromatic heterocycles. The number of ether oxygens (including phenoxy) is 2. The van der Waals surface area contributed by atoms with Crippen molar-refractivity contribution in [2.75, 3.05) is 26.4 Å². The van der Waals surface area contributed by atoms with Crippen LogP contribution in [0.5, 0.6) is 0 Å². The van der Waals surface area contributed by atoms with Crippen molar-refractivity contribution < 1.29 is 24.2 Å². The van der Waals surface area contributed by atoms with E-state index in [1.807, 2.05) is 6.92 Å². The van der Waals surface area contributed by atoms with Gasteiger partial charge < -0.3 is 19.5 Å². The lowest BCUT2D eigenvalue weighted by Gasteiger charge is -2.34. The van der Waals surface area contributed by atoms with Gasteiger partial charge in [0, 0.05) is 13.2 Å². The number of hydrogen-bond donors (Lipinski definition) is 1. The van der Waals surface area contributed by atoms with Crippen molar-refractivity contribution in [2.45, 2.75) is 38.8 Å². The predicted octanol–water partition coefficient (Wildman–Crippen LogP) is 0.504. The third-order valence-electron chi connectivity index (χ3n) is 2.91. The zero-order chi connectivity index (χ0) is 13.5. The van der Waals surface area contributed by atoms with Gasteiger partial charge in [0.15, 0.2) is 6.04 Å². The van der Waals surface area contributed by atoms with Crippen LogP contribution in [0.1, 0.15) is 26.7 Å². The Morgan fingerprint density at radius 3 is 2.89 bits per heavy atom. The Balaban J connectivity index is 2.54. The van der Waals surface area contributed by atoms with Crippen molar-refractivity contribution in [2.24, 2.45) is 0 Å². The maximum Gasteiger partial charge on any atom is 0.328 e. The standard InChI is InChI=1S/C12H21NO5/c1-3-4-6-18-9(2)11(14)13-5-7-17-8-10(13)12(15)16/h9-10H,3-8H2,1-2H3,(H,15,16). The predicted molar refractivity (Wildman–Crippen MR) is 64.3 cm³/mol. The molecule has 6 nitrogen and oxygen atoms in total. The summed E-state index contributed by atoms with van der Waals surface area (Å²) in [6.45, 7) is 4.94. The molecular formula is C12H21NO5. The molecule has 0 aromatic rings. The van der Waals surface area contributed by atoms with Crippen LogP contribution >= 0.6 is 0 Å². The zero-order valence-corrected chi connectivity index (χ0v) is 10.9. The molecule has 0 bridgehead atoms. The quantitative estimate of drug-likeness (QED) is 0.703. The highest BCUT2D eigenvalue weighted by Gasteiger charge is 2.34. The fraction of sp³-hybridized carbons (Fsp3) is 0.833. The van der Waals surface area contributed by atoms with E-state index in [2.05, 4.69) is 0 Å². The Hall–Kier alpha value is -1.14. The minimum atomic E-state index is -1.04. The highest BCUT2D eigenvalue weighted by molar-refractivity contribution is 5.86. The maximum absolute atomic E-state index is 12.1. The summed E-state index contributed by atoms with van der Waals surface area (Å²) in [5.41, 5.74) is 0. The lowest BCUT2D eigenvalue weighted by Crippen LogP contribution is -2.55. The van der Waals surface area contributed by atoms with Crippen molar-refractivity contribution in [1.29, 1.82) is 0 Å². The number of aliphatic carboxylic acids is 1. The number of carboxylic acid groups (broad SMARTS) is 1. The highest BCUT2D eigenvalue weighted by atomic mass is 16.5. The van der Waals surface area contributed by atoms with Crippen LogP contribution in [-0.2, 0) is 19.1 Å². The molecule has 1 rings (SSSR count). The number of rotatable bonds is 6. The summed E-state index contributed by atoms with van der Waals surface area (Å²) in [5.74, 6) is -1.31. The number of hydrogen-bond acceptors (Lipinski definition) is 4. The van der Waals surface area contributed by atoms with E-state index in [4.69, 9.17) is 14.6 Å². The second kappa shape index (κ2) is 7.33. The molecule has 0 radical (unpaired) electrons. The summed E-state index contributed by atoms with van der Waals surface area (Å²) in [6, 6.07) is -0.900. The summed E-state index contributed by atoms with van der Waals surface area (Å²) in [6.07, 6.45) is 1.29. The van der Waals surface area contributed by atoms with Gasteiger partial charge in [0.05, 0.1) is 13.2 Å². The van der Waals surface area contributed by atoms with Gasteiger partial charge in [-0.3, -0.25) is 4.79 Å². The molecule has 104 valence electrons. The third kappa shape index (κ3) is 3.96. The first kappa shape index (κ1) is 14.9. The van der Waals surface area contributed by atoms with E-state index in [-0.39, 0.29) is 12.5 Å². The van der Waals surface area contributed by atoms with Gasteiger partial charge in [-0.05, 0) is 13.3 Å². The summed E-state index contributed by atoms with van der Waals surface area (Å²) in [5, 5.41) is 9.04. The first-order chi connectivity index (χ1) is 8.57. The van der Waals surface area contributed by atoms with Crippen LogP contribution in [0.25, 0.3) is 0 Å². The number of nitrogens with zero attached hydrogens (tertiary/aromatic N) is 1. The zero-order valence-electron chi connectivity index (χ0n) is 10.9. The Morgan fingerprint density at radius 1 is 1.56 bits per heavy atom. The molecule has 1 aliphatic rings. The van der Waals surface area contributed by atoms with Crippen LogP contribution in [0.15, 0.2) is 0 Å². The molecule has 1 aliphatic heterocycles. The van der Waals surface area contributed by atoms with Crippen LogP contribution in [-0.4, -0.2) is 60.4 Å². The van der Waals surface area contributed by atoms with E-state index in [0.717, 1.165) is 12.8 Å². The van der Waals surface area contributed by atoms with Gasteiger partial charge in [-0.2, -0.15) is 0 Å². The molecule has 1 heterocycles. The van der Waals surface area contributed by atoms with Crippen molar-refractivity contribution in [3.05, 3.63) is 0 Å². The number of unbranched alkanes of at least 4 members (excludes halogenated alkanes) is 1. The van der Waals surface area contributed by atoms with E-state index >= 15 is 0 Å². The molecule has 0 aromatic carbocycles. The fourth-order valence-electron chi connectivity index (χ4n) is 1.78. The Kier molecular flexibility index (Phi) is 6.07. The van der Waals surface area contributed by atoms with E-state index in [9.17, 15) is 9.59 Å². The molecule has 2 atom stereocenters. The summed E-state index contributed by atoms with van der Waals surface area (Å²) < 4.78 is 10.5. The van der Waals surface area contributed by atoms with E-state index in [1.165, 1.54) is 4.90 Å². The molecule has 0 aliphatic carbocycles. The minimum absolute atomic E-state index is 0.0444. The number of carbonyl (C=O) groups excluding carboxylic acids is 1. The number of amides is 1. The van der Waals surface area contributed by atoms with Gasteiger partial charge in [0.1, 0.15) is 6.10 Å². The maximum atomic E-state index is 12.1. The number of morpholine rings is 1. The first-order valence-electron chi connectivity index (χ1n) is 6.30. The van der Waals surface area contributed by atoms with Crippen molar-refractivity contribution in [3.63, 3.8) is 0 Å². The van der Waals surface area contributed by atoms with Gasteiger partial charge in [-0.15, -0.1) is 0 Å². The SMILES string of the molecule is CCCCOC(C)C(=O)N1CCOCC1C(=O)O. The Labute approximate surface area is 107 Å². The van der Waals surface area contributed by atoms with E-state index in [1.54, 1.807) is 6.92 Å². The van der Waals surface area contributed by atoms with Crippen LogP contribution in [0.2, 0.25) is 0 Å². The second-order valence-electron chi connectivity index (χ2n) is 4.33. The molecule has 0 spiro atoms. The minimum Gasteiger partial charge on any atom is -0.480 e. The van der Waals surface area contributed by atoms with Gasteiger partial charge in [0.2, 0.25) is 0 Å². The monoisotopic (exact) mass is 259 g/mol. The molecule has 6 heteroatoms. The average molecular weight is 259 g/mol. The van der Waals surface area contributed by atoms with Gasteiger partial charge in [0.25, 0.3) is 5.91 Å². The topological polar surface area (TPSA) is 76.1 Å². The van der Waals surface area contributed by atoms with Crippen LogP contribution in [0.4, 0.5) is 0 Å². The average Bonchev–Trinajstić information content (AvgIpc) is 2.38. The largest absolute Gasteiger partial charge is 0.480 e. The normalized spacial score (nSPS) is 21.7. The molecule has 1 amide bonds.